The number of amides is 2. The molecule has 3 N–H and O–H groups in total. The van der Waals surface area contributed by atoms with Crippen LogP contribution in [0, 0.1) is 0 Å². The number of nitrogens with one attached hydrogen (secondary N) is 2. The molecule has 0 saturated carbocycles. The van der Waals surface area contributed by atoms with Crippen LogP contribution in [-0.2, 0) is 22.0 Å². The van der Waals surface area contributed by atoms with Gasteiger partial charge in [-0.1, -0.05) is 71.9 Å². The van der Waals surface area contributed by atoms with E-state index in [1.165, 1.54) is 0 Å². The topological polar surface area (TPSA) is 78.4 Å². The third kappa shape index (κ3) is 6.61. The van der Waals surface area contributed by atoms with Crippen LogP contribution in [0.2, 0.25) is 0 Å². The predicted molar refractivity (Wildman–Crippen MR) is 122 cm³/mol. The molecule has 0 saturated heterocycles. The van der Waals surface area contributed by atoms with Crippen LogP contribution in [0.25, 0.3) is 0 Å². The van der Waals surface area contributed by atoms with Crippen molar-refractivity contribution in [3.05, 3.63) is 59.2 Å². The van der Waals surface area contributed by atoms with E-state index in [0.29, 0.717) is 24.3 Å². The Hall–Kier alpha value is -2.82. The van der Waals surface area contributed by atoms with Crippen LogP contribution in [-0.4, -0.2) is 23.5 Å². The van der Waals surface area contributed by atoms with Crippen LogP contribution in [0.4, 0.5) is 10.5 Å². The van der Waals surface area contributed by atoms with Gasteiger partial charge in [0.15, 0.2) is 5.78 Å². The average molecular weight is 411 g/mol. The van der Waals surface area contributed by atoms with Gasteiger partial charge in [0.05, 0.1) is 6.54 Å². The Bertz CT molecular complexity index is 856. The Kier molecular flexibility index (Phi) is 7.30. The zero-order valence-electron chi connectivity index (χ0n) is 18.9. The van der Waals surface area contributed by atoms with Crippen molar-refractivity contribution in [3.8, 4) is 5.75 Å². The minimum absolute atomic E-state index is 0.0188. The number of urea groups is 1. The normalized spacial score (nSPS) is 11.8. The number of rotatable bonds is 6. The Balaban J connectivity index is 2.00. The molecule has 0 atom stereocenters. The quantitative estimate of drug-likeness (QED) is 0.604. The standard InChI is InChI=1S/C25H34N2O3/c1-24(2,3)20-14-17(15-21(22(20)29)25(4,5)6)12-13-19(28)16-26-23(30)27-18-10-8-7-9-11-18/h7-11,14-15,29H,12-13,16H2,1-6H3,(H2,26,27,30). The molecule has 30 heavy (non-hydrogen) atoms. The van der Waals surface area contributed by atoms with Gasteiger partial charge in [-0.15, -0.1) is 0 Å². The van der Waals surface area contributed by atoms with E-state index < -0.39 is 6.03 Å². The van der Waals surface area contributed by atoms with E-state index in [0.717, 1.165) is 16.7 Å². The van der Waals surface area contributed by atoms with Crippen molar-refractivity contribution in [1.82, 2.24) is 5.32 Å². The van der Waals surface area contributed by atoms with E-state index >= 15 is 0 Å². The van der Waals surface area contributed by atoms with Crippen molar-refractivity contribution in [2.45, 2.75) is 65.2 Å². The molecule has 0 radical (unpaired) electrons. The molecular weight excluding hydrogens is 376 g/mol. The van der Waals surface area contributed by atoms with Crippen molar-refractivity contribution in [3.63, 3.8) is 0 Å². The summed E-state index contributed by atoms with van der Waals surface area (Å²) in [6.07, 6.45) is 0.886. The predicted octanol–water partition coefficient (Wildman–Crippen LogP) is 5.31. The number of hydrogen-bond donors (Lipinski definition) is 3. The van der Waals surface area contributed by atoms with Gasteiger partial charge in [0, 0.05) is 12.1 Å². The molecule has 5 heteroatoms. The molecule has 0 aliphatic heterocycles. The van der Waals surface area contributed by atoms with Gasteiger partial charge in [0.25, 0.3) is 0 Å². The molecule has 2 amide bonds. The smallest absolute Gasteiger partial charge is 0.319 e. The zero-order chi connectivity index (χ0) is 22.5. The maximum absolute atomic E-state index is 12.3. The van der Waals surface area contributed by atoms with Crippen molar-refractivity contribution in [1.29, 1.82) is 0 Å². The largest absolute Gasteiger partial charge is 0.507 e. The first-order chi connectivity index (χ1) is 13.9. The van der Waals surface area contributed by atoms with Gasteiger partial charge in [-0.3, -0.25) is 4.79 Å². The first kappa shape index (κ1) is 23.5. The van der Waals surface area contributed by atoms with Crippen molar-refractivity contribution in [2.24, 2.45) is 0 Å². The number of carbonyl (C=O) groups excluding carboxylic acids is 2. The lowest BCUT2D eigenvalue weighted by Gasteiger charge is -2.28. The van der Waals surface area contributed by atoms with Crippen LogP contribution in [0.3, 0.4) is 0 Å². The number of para-hydroxylation sites is 1. The number of aryl methyl sites for hydroxylation is 1. The Morgan fingerprint density at radius 1 is 0.900 bits per heavy atom. The van der Waals surface area contributed by atoms with Crippen LogP contribution in [0.15, 0.2) is 42.5 Å². The third-order valence-electron chi connectivity index (χ3n) is 4.96. The van der Waals surface area contributed by atoms with Crippen molar-refractivity contribution >= 4 is 17.5 Å². The van der Waals surface area contributed by atoms with E-state index in [-0.39, 0.29) is 23.2 Å². The van der Waals surface area contributed by atoms with E-state index in [1.54, 1.807) is 12.1 Å². The summed E-state index contributed by atoms with van der Waals surface area (Å²) >= 11 is 0. The van der Waals surface area contributed by atoms with Crippen LogP contribution in [0.5, 0.6) is 5.75 Å². The SMILES string of the molecule is CC(C)(C)c1cc(CCC(=O)CNC(=O)Nc2ccccc2)cc(C(C)(C)C)c1O. The molecule has 2 aromatic rings. The lowest BCUT2D eigenvalue weighted by molar-refractivity contribution is -0.118. The molecule has 0 aromatic heterocycles. The summed E-state index contributed by atoms with van der Waals surface area (Å²) in [5.74, 6) is 0.297. The number of hydrogen-bond acceptors (Lipinski definition) is 3. The molecule has 0 aliphatic rings. The number of benzene rings is 2. The van der Waals surface area contributed by atoms with E-state index in [2.05, 4.69) is 52.2 Å². The summed E-state index contributed by atoms with van der Waals surface area (Å²) < 4.78 is 0. The summed E-state index contributed by atoms with van der Waals surface area (Å²) in [5, 5.41) is 16.1. The van der Waals surface area contributed by atoms with Crippen LogP contribution in [0.1, 0.15) is 64.7 Å². The van der Waals surface area contributed by atoms with Crippen molar-refractivity contribution in [2.75, 3.05) is 11.9 Å². The summed E-state index contributed by atoms with van der Waals surface area (Å²) in [6.45, 7) is 12.4. The Morgan fingerprint density at radius 2 is 1.43 bits per heavy atom. The first-order valence-electron chi connectivity index (χ1n) is 10.4. The summed E-state index contributed by atoms with van der Waals surface area (Å²) in [5.41, 5.74) is 3.05. The van der Waals surface area contributed by atoms with Crippen LogP contribution < -0.4 is 10.6 Å². The van der Waals surface area contributed by atoms with Gasteiger partial charge in [0.1, 0.15) is 5.75 Å². The first-order valence-corrected chi connectivity index (χ1v) is 10.4. The van der Waals surface area contributed by atoms with E-state index in [1.807, 2.05) is 30.3 Å². The van der Waals surface area contributed by atoms with Gasteiger partial charge >= 0.3 is 6.03 Å². The molecule has 5 nitrogen and oxygen atoms in total. The number of Topliss-reactive ketones (excluding diaryl/α,β-unsaturated/α-hetero) is 1. The number of aromatic hydroxyl groups is 1. The zero-order valence-corrected chi connectivity index (χ0v) is 18.9. The molecule has 0 bridgehead atoms. The molecule has 2 rings (SSSR count). The second-order valence-corrected chi connectivity index (χ2v) is 9.75. The molecule has 0 spiro atoms. The molecule has 0 heterocycles. The molecule has 0 unspecified atom stereocenters. The maximum Gasteiger partial charge on any atom is 0.319 e. The average Bonchev–Trinajstić information content (AvgIpc) is 2.64. The molecule has 2 aromatic carbocycles. The van der Waals surface area contributed by atoms with Crippen molar-refractivity contribution < 1.29 is 14.7 Å². The summed E-state index contributed by atoms with van der Waals surface area (Å²) in [6, 6.07) is 12.7. The minimum Gasteiger partial charge on any atom is -0.507 e. The second kappa shape index (κ2) is 9.33. The minimum atomic E-state index is -0.399. The lowest BCUT2D eigenvalue weighted by atomic mass is 9.78. The Labute approximate surface area is 179 Å². The highest BCUT2D eigenvalue weighted by atomic mass is 16.3. The maximum atomic E-state index is 12.3. The monoisotopic (exact) mass is 410 g/mol. The number of phenolic OH excluding ortho intramolecular Hbond substituents is 1. The highest BCUT2D eigenvalue weighted by molar-refractivity contribution is 5.92. The highest BCUT2D eigenvalue weighted by Crippen LogP contribution is 2.39. The Morgan fingerprint density at radius 3 is 1.93 bits per heavy atom. The molecule has 0 aliphatic carbocycles. The number of anilines is 1. The second-order valence-electron chi connectivity index (χ2n) is 9.75. The number of phenols is 1. The van der Waals surface area contributed by atoms with Gasteiger partial charge in [-0.2, -0.15) is 0 Å². The fourth-order valence-electron chi connectivity index (χ4n) is 3.23. The molecular formula is C25H34N2O3. The number of carbonyl (C=O) groups is 2. The third-order valence-corrected chi connectivity index (χ3v) is 4.96. The highest BCUT2D eigenvalue weighted by Gasteiger charge is 2.26. The lowest BCUT2D eigenvalue weighted by Crippen LogP contribution is -2.33. The van der Waals surface area contributed by atoms with Crippen LogP contribution >= 0.6 is 0 Å². The summed E-state index contributed by atoms with van der Waals surface area (Å²) in [7, 11) is 0. The van der Waals surface area contributed by atoms with Gasteiger partial charge in [0.2, 0.25) is 0 Å². The summed E-state index contributed by atoms with van der Waals surface area (Å²) in [4.78, 5) is 24.2. The number of ketones is 1. The molecule has 0 fully saturated rings. The van der Waals surface area contributed by atoms with Gasteiger partial charge < -0.3 is 15.7 Å². The van der Waals surface area contributed by atoms with Gasteiger partial charge in [-0.05, 0) is 46.1 Å². The van der Waals surface area contributed by atoms with E-state index in [4.69, 9.17) is 0 Å². The van der Waals surface area contributed by atoms with E-state index in [9.17, 15) is 14.7 Å². The van der Waals surface area contributed by atoms with Gasteiger partial charge in [-0.25, -0.2) is 4.79 Å². The molecule has 162 valence electrons. The fraction of sp³-hybridized carbons (Fsp3) is 0.440. The fourth-order valence-corrected chi connectivity index (χ4v) is 3.23.